The highest BCUT2D eigenvalue weighted by Crippen LogP contribution is 2.19. The van der Waals surface area contributed by atoms with Crippen LogP contribution in [0.1, 0.15) is 31.1 Å². The molecular weight excluding hydrogens is 272 g/mol. The molecule has 5 nitrogen and oxygen atoms in total. The molecule has 0 spiro atoms. The van der Waals surface area contributed by atoms with Gasteiger partial charge in [-0.1, -0.05) is 0 Å². The summed E-state index contributed by atoms with van der Waals surface area (Å²) < 4.78 is 4.22. The van der Waals surface area contributed by atoms with Crippen LogP contribution in [0.15, 0.2) is 28.8 Å². The lowest BCUT2D eigenvalue weighted by Gasteiger charge is -2.05. The predicted octanol–water partition coefficient (Wildman–Crippen LogP) is 2.59. The van der Waals surface area contributed by atoms with Crippen molar-refractivity contribution in [3.63, 3.8) is 0 Å². The molecule has 20 heavy (non-hydrogen) atoms. The van der Waals surface area contributed by atoms with E-state index in [0.717, 1.165) is 16.8 Å². The van der Waals surface area contributed by atoms with E-state index < -0.39 is 0 Å². The highest BCUT2D eigenvalue weighted by atomic mass is 32.1. The van der Waals surface area contributed by atoms with Gasteiger partial charge in [-0.15, -0.1) is 11.3 Å². The quantitative estimate of drug-likeness (QED) is 0.744. The first kappa shape index (κ1) is 13.1. The van der Waals surface area contributed by atoms with E-state index in [2.05, 4.69) is 23.9 Å². The van der Waals surface area contributed by atoms with Gasteiger partial charge in [0.2, 0.25) is 0 Å². The van der Waals surface area contributed by atoms with Crippen LogP contribution in [0.4, 0.5) is 0 Å². The molecule has 3 aromatic rings. The van der Waals surface area contributed by atoms with Gasteiger partial charge < -0.3 is 0 Å². The van der Waals surface area contributed by atoms with E-state index in [4.69, 9.17) is 0 Å². The van der Waals surface area contributed by atoms with Gasteiger partial charge in [0, 0.05) is 12.2 Å². The summed E-state index contributed by atoms with van der Waals surface area (Å²) in [6, 6.07) is 2.26. The molecule has 0 amide bonds. The number of rotatable bonds is 3. The van der Waals surface area contributed by atoms with Crippen LogP contribution < -0.4 is 5.56 Å². The number of fused-ring (bicyclic) bond motifs is 1. The molecule has 0 radical (unpaired) electrons. The average molecular weight is 288 g/mol. The maximum Gasteiger partial charge on any atom is 0.271 e. The van der Waals surface area contributed by atoms with Crippen LogP contribution >= 0.6 is 11.3 Å². The minimum absolute atomic E-state index is 0.00666. The fourth-order valence-corrected chi connectivity index (χ4v) is 3.05. The second-order valence-corrected chi connectivity index (χ2v) is 6.03. The molecule has 3 heterocycles. The van der Waals surface area contributed by atoms with Gasteiger partial charge in [-0.25, -0.2) is 4.98 Å². The maximum absolute atomic E-state index is 12.4. The molecule has 0 saturated carbocycles. The zero-order valence-corrected chi connectivity index (χ0v) is 12.5. The first-order valence-electron chi connectivity index (χ1n) is 6.53. The van der Waals surface area contributed by atoms with Crippen molar-refractivity contribution in [2.45, 2.75) is 33.4 Å². The van der Waals surface area contributed by atoms with Crippen molar-refractivity contribution in [2.24, 2.45) is 0 Å². The Morgan fingerprint density at radius 3 is 2.90 bits per heavy atom. The van der Waals surface area contributed by atoms with E-state index in [-0.39, 0.29) is 5.56 Å². The summed E-state index contributed by atoms with van der Waals surface area (Å²) >= 11 is 1.45. The Balaban J connectivity index is 1.98. The van der Waals surface area contributed by atoms with E-state index >= 15 is 0 Å². The van der Waals surface area contributed by atoms with Crippen molar-refractivity contribution in [3.8, 4) is 0 Å². The highest BCUT2D eigenvalue weighted by Gasteiger charge is 2.10. The van der Waals surface area contributed by atoms with E-state index in [1.807, 2.05) is 29.2 Å². The molecule has 0 aromatic carbocycles. The number of nitrogens with zero attached hydrogens (tertiary/aromatic N) is 4. The third kappa shape index (κ3) is 2.16. The number of thiophene rings is 1. The summed E-state index contributed by atoms with van der Waals surface area (Å²) in [5.74, 6) is 0. The van der Waals surface area contributed by atoms with Gasteiger partial charge in [0.25, 0.3) is 5.56 Å². The maximum atomic E-state index is 12.4. The summed E-state index contributed by atoms with van der Waals surface area (Å²) in [6.07, 6.45) is 3.55. The molecule has 0 atom stereocenters. The van der Waals surface area contributed by atoms with Crippen molar-refractivity contribution in [1.82, 2.24) is 19.3 Å². The van der Waals surface area contributed by atoms with Crippen LogP contribution in [0, 0.1) is 6.92 Å². The Morgan fingerprint density at radius 1 is 1.40 bits per heavy atom. The molecule has 0 N–H and O–H groups in total. The van der Waals surface area contributed by atoms with Gasteiger partial charge >= 0.3 is 0 Å². The number of hydrogen-bond acceptors (Lipinski definition) is 4. The van der Waals surface area contributed by atoms with Crippen molar-refractivity contribution >= 4 is 21.6 Å². The minimum Gasteiger partial charge on any atom is -0.292 e. The summed E-state index contributed by atoms with van der Waals surface area (Å²) in [5, 5.41) is 6.43. The first-order valence-corrected chi connectivity index (χ1v) is 7.41. The molecule has 0 unspecified atom stereocenters. The predicted molar refractivity (Wildman–Crippen MR) is 80.3 cm³/mol. The van der Waals surface area contributed by atoms with Gasteiger partial charge in [0.05, 0.1) is 24.1 Å². The first-order chi connectivity index (χ1) is 9.56. The smallest absolute Gasteiger partial charge is 0.271 e. The van der Waals surface area contributed by atoms with Gasteiger partial charge in [-0.3, -0.25) is 14.0 Å². The standard InChI is InChI=1S/C14H16N4OS/c1-9(2)18-5-4-11(16-18)6-17-8-15-12-10(3)7-20-13(12)14(17)19/h4-5,7-9H,6H2,1-3H3. The van der Waals surface area contributed by atoms with Gasteiger partial charge in [0.15, 0.2) is 0 Å². The molecule has 0 fully saturated rings. The Bertz CT molecular complexity index is 812. The molecule has 3 rings (SSSR count). The second-order valence-electron chi connectivity index (χ2n) is 5.15. The zero-order chi connectivity index (χ0) is 14.3. The number of aromatic nitrogens is 4. The largest absolute Gasteiger partial charge is 0.292 e. The fourth-order valence-electron chi connectivity index (χ4n) is 2.10. The van der Waals surface area contributed by atoms with Crippen LogP contribution in [0.3, 0.4) is 0 Å². The summed E-state index contributed by atoms with van der Waals surface area (Å²) in [7, 11) is 0. The average Bonchev–Trinajstić information content (AvgIpc) is 3.01. The van der Waals surface area contributed by atoms with Crippen molar-refractivity contribution < 1.29 is 0 Å². The topological polar surface area (TPSA) is 52.7 Å². The Hall–Kier alpha value is -1.95. The lowest BCUT2D eigenvalue weighted by molar-refractivity contribution is 0.523. The normalized spacial score (nSPS) is 11.6. The summed E-state index contributed by atoms with van der Waals surface area (Å²) in [5.41, 5.74) is 2.74. The Kier molecular flexibility index (Phi) is 3.17. The Labute approximate surface area is 120 Å². The van der Waals surface area contributed by atoms with Gasteiger partial charge in [-0.2, -0.15) is 5.10 Å². The van der Waals surface area contributed by atoms with Crippen molar-refractivity contribution in [2.75, 3.05) is 0 Å². The SMILES string of the molecule is Cc1csc2c(=O)n(Cc3ccn(C(C)C)n3)cnc12. The fraction of sp³-hybridized carbons (Fsp3) is 0.357. The van der Waals surface area contributed by atoms with Crippen LogP contribution in [0.5, 0.6) is 0 Å². The molecule has 0 aliphatic heterocycles. The monoisotopic (exact) mass is 288 g/mol. The molecule has 0 saturated heterocycles. The van der Waals surface area contributed by atoms with Crippen LogP contribution in [0.25, 0.3) is 10.2 Å². The van der Waals surface area contributed by atoms with Crippen LogP contribution in [-0.4, -0.2) is 19.3 Å². The van der Waals surface area contributed by atoms with Gasteiger partial charge in [0.1, 0.15) is 4.70 Å². The third-order valence-corrected chi connectivity index (χ3v) is 4.32. The third-order valence-electron chi connectivity index (χ3n) is 3.25. The van der Waals surface area contributed by atoms with E-state index in [1.54, 1.807) is 10.9 Å². The molecule has 3 aromatic heterocycles. The van der Waals surface area contributed by atoms with Crippen LogP contribution in [-0.2, 0) is 6.54 Å². The molecule has 0 aliphatic carbocycles. The number of hydrogen-bond donors (Lipinski definition) is 0. The van der Waals surface area contributed by atoms with Gasteiger partial charge in [-0.05, 0) is 37.8 Å². The molecule has 6 heteroatoms. The van der Waals surface area contributed by atoms with Crippen LogP contribution in [0.2, 0.25) is 0 Å². The highest BCUT2D eigenvalue weighted by molar-refractivity contribution is 7.17. The summed E-state index contributed by atoms with van der Waals surface area (Å²) in [4.78, 5) is 16.8. The molecule has 104 valence electrons. The lowest BCUT2D eigenvalue weighted by atomic mass is 10.3. The molecule has 0 aliphatic rings. The number of aryl methyl sites for hydroxylation is 1. The van der Waals surface area contributed by atoms with Crippen molar-refractivity contribution in [3.05, 3.63) is 45.6 Å². The minimum atomic E-state index is 0.00666. The second kappa shape index (κ2) is 4.86. The lowest BCUT2D eigenvalue weighted by Crippen LogP contribution is -2.20. The van der Waals surface area contributed by atoms with E-state index in [0.29, 0.717) is 17.3 Å². The van der Waals surface area contributed by atoms with Crippen molar-refractivity contribution in [1.29, 1.82) is 0 Å². The van der Waals surface area contributed by atoms with E-state index in [9.17, 15) is 4.79 Å². The van der Waals surface area contributed by atoms with E-state index in [1.165, 1.54) is 11.3 Å². The zero-order valence-electron chi connectivity index (χ0n) is 11.7. The molecule has 0 bridgehead atoms. The summed E-state index contributed by atoms with van der Waals surface area (Å²) in [6.45, 7) is 6.58. The molecular formula is C14H16N4OS. The Morgan fingerprint density at radius 2 is 2.20 bits per heavy atom.